The van der Waals surface area contributed by atoms with Crippen molar-refractivity contribution in [3.05, 3.63) is 54.4 Å². The number of amides is 1. The lowest BCUT2D eigenvalue weighted by Crippen LogP contribution is -2.36. The molecule has 3 N–H and O–H groups in total. The highest BCUT2D eigenvalue weighted by atomic mass is 16.5. The van der Waals surface area contributed by atoms with Gasteiger partial charge in [0.2, 0.25) is 0 Å². The van der Waals surface area contributed by atoms with Crippen LogP contribution in [0.2, 0.25) is 0 Å². The number of nitrogens with two attached hydrogens (primary N) is 1. The summed E-state index contributed by atoms with van der Waals surface area (Å²) in [4.78, 5) is 32.1. The second kappa shape index (κ2) is 8.00. The van der Waals surface area contributed by atoms with E-state index in [1.54, 1.807) is 48.7 Å². The van der Waals surface area contributed by atoms with E-state index in [-0.39, 0.29) is 11.6 Å². The van der Waals surface area contributed by atoms with Crippen LogP contribution < -0.4 is 16.0 Å². The average Bonchev–Trinajstić information content (AvgIpc) is 3.24. The molecule has 0 aliphatic carbocycles. The zero-order valence-corrected chi connectivity index (χ0v) is 16.5. The molecule has 31 heavy (non-hydrogen) atoms. The Bertz CT molecular complexity index is 1230. The van der Waals surface area contributed by atoms with E-state index >= 15 is 0 Å². The molecule has 156 valence electrons. The van der Waals surface area contributed by atoms with E-state index in [9.17, 15) is 4.79 Å². The molecule has 1 aliphatic rings. The van der Waals surface area contributed by atoms with Crippen LogP contribution in [0.25, 0.3) is 22.5 Å². The van der Waals surface area contributed by atoms with Gasteiger partial charge in [-0.1, -0.05) is 6.07 Å². The molecule has 1 amide bonds. The molecule has 0 bridgehead atoms. The number of hydrogen-bond donors (Lipinski definition) is 2. The number of fused-ring (bicyclic) bond motifs is 1. The van der Waals surface area contributed by atoms with Crippen molar-refractivity contribution in [3.8, 4) is 11.3 Å². The highest BCUT2D eigenvalue weighted by Crippen LogP contribution is 2.23. The molecule has 0 saturated carbocycles. The summed E-state index contributed by atoms with van der Waals surface area (Å²) >= 11 is 0. The van der Waals surface area contributed by atoms with Crippen molar-refractivity contribution in [2.75, 3.05) is 42.3 Å². The SMILES string of the molecule is Nc1ccc(-c2cccc(C(=O)Nc3ccc4nc(N5CCOCC5)oc4n3)n2)cn1. The lowest BCUT2D eigenvalue weighted by Gasteiger charge is -2.24. The second-order valence-electron chi connectivity index (χ2n) is 6.95. The molecule has 4 aromatic rings. The number of ether oxygens (including phenoxy) is 1. The van der Waals surface area contributed by atoms with E-state index in [1.807, 2.05) is 4.90 Å². The summed E-state index contributed by atoms with van der Waals surface area (Å²) < 4.78 is 11.1. The third kappa shape index (κ3) is 4.01. The molecule has 10 nitrogen and oxygen atoms in total. The fourth-order valence-electron chi connectivity index (χ4n) is 3.22. The number of carbonyl (C=O) groups excluding carboxylic acids is 1. The number of anilines is 3. The molecule has 0 spiro atoms. The van der Waals surface area contributed by atoms with Gasteiger partial charge >= 0.3 is 0 Å². The number of pyridine rings is 3. The number of morpholine rings is 1. The molecule has 0 aromatic carbocycles. The predicted octanol–water partition coefficient (Wildman–Crippen LogP) is 2.35. The molecule has 1 aliphatic heterocycles. The smallest absolute Gasteiger partial charge is 0.299 e. The molecule has 0 atom stereocenters. The minimum absolute atomic E-state index is 0.253. The van der Waals surface area contributed by atoms with Crippen molar-refractivity contribution < 1.29 is 13.9 Å². The van der Waals surface area contributed by atoms with Crippen molar-refractivity contribution >= 4 is 34.8 Å². The fraction of sp³-hybridized carbons (Fsp3) is 0.190. The molecule has 1 fully saturated rings. The van der Waals surface area contributed by atoms with Crippen LogP contribution in [0.4, 0.5) is 17.7 Å². The van der Waals surface area contributed by atoms with Gasteiger partial charge in [-0.2, -0.15) is 9.97 Å². The standard InChI is InChI=1S/C21H19N7O3/c22-17-6-4-13(12-23-17)14-2-1-3-15(24-14)19(29)26-18-7-5-16-20(27-18)31-21(25-16)28-8-10-30-11-9-28/h1-7,12H,8-11H2,(H2,22,23)(H,26,27,29). The fourth-order valence-corrected chi connectivity index (χ4v) is 3.22. The average molecular weight is 417 g/mol. The summed E-state index contributed by atoms with van der Waals surface area (Å²) in [5, 5.41) is 2.76. The van der Waals surface area contributed by atoms with Crippen LogP contribution in [0.5, 0.6) is 0 Å². The Morgan fingerprint density at radius 2 is 1.90 bits per heavy atom. The molecule has 4 aromatic heterocycles. The maximum Gasteiger partial charge on any atom is 0.299 e. The lowest BCUT2D eigenvalue weighted by atomic mass is 10.2. The first-order valence-electron chi connectivity index (χ1n) is 9.76. The Labute approximate surface area is 177 Å². The van der Waals surface area contributed by atoms with Gasteiger partial charge in [0.05, 0.1) is 18.9 Å². The first-order chi connectivity index (χ1) is 15.2. The molecule has 1 saturated heterocycles. The maximum absolute atomic E-state index is 12.7. The zero-order valence-electron chi connectivity index (χ0n) is 16.5. The number of rotatable bonds is 4. The number of nitrogens with one attached hydrogen (secondary N) is 1. The van der Waals surface area contributed by atoms with Crippen molar-refractivity contribution in [2.45, 2.75) is 0 Å². The molecule has 5 heterocycles. The van der Waals surface area contributed by atoms with Crippen molar-refractivity contribution in [1.82, 2.24) is 19.9 Å². The van der Waals surface area contributed by atoms with Crippen molar-refractivity contribution in [1.29, 1.82) is 0 Å². The van der Waals surface area contributed by atoms with Crippen LogP contribution >= 0.6 is 0 Å². The molecule has 0 radical (unpaired) electrons. The highest BCUT2D eigenvalue weighted by Gasteiger charge is 2.18. The Hall–Kier alpha value is -4.05. The van der Waals surface area contributed by atoms with Crippen LogP contribution in [-0.2, 0) is 4.74 Å². The highest BCUT2D eigenvalue weighted by molar-refractivity contribution is 6.03. The van der Waals surface area contributed by atoms with Crippen LogP contribution in [-0.4, -0.2) is 52.1 Å². The van der Waals surface area contributed by atoms with Gasteiger partial charge < -0.3 is 25.1 Å². The Balaban J connectivity index is 1.35. The summed E-state index contributed by atoms with van der Waals surface area (Å²) in [6.07, 6.45) is 1.62. The summed E-state index contributed by atoms with van der Waals surface area (Å²) in [6.45, 7) is 2.68. The number of nitrogen functional groups attached to an aromatic ring is 1. The quantitative estimate of drug-likeness (QED) is 0.513. The molecule has 0 unspecified atom stereocenters. The molecule has 5 rings (SSSR count). The molecule has 10 heteroatoms. The molecular weight excluding hydrogens is 398 g/mol. The third-order valence-corrected chi connectivity index (χ3v) is 4.83. The van der Waals surface area contributed by atoms with E-state index in [0.29, 0.717) is 60.9 Å². The van der Waals surface area contributed by atoms with E-state index in [4.69, 9.17) is 14.9 Å². The lowest BCUT2D eigenvalue weighted by molar-refractivity contribution is 0.102. The minimum atomic E-state index is -0.384. The number of aromatic nitrogens is 4. The predicted molar refractivity (Wildman–Crippen MR) is 115 cm³/mol. The van der Waals surface area contributed by atoms with Crippen molar-refractivity contribution in [3.63, 3.8) is 0 Å². The van der Waals surface area contributed by atoms with Gasteiger partial charge in [-0.3, -0.25) is 4.79 Å². The zero-order chi connectivity index (χ0) is 21.2. The van der Waals surface area contributed by atoms with Crippen LogP contribution in [0.1, 0.15) is 10.5 Å². The minimum Gasteiger partial charge on any atom is -0.404 e. The maximum atomic E-state index is 12.7. The Morgan fingerprint density at radius 1 is 1.03 bits per heavy atom. The monoisotopic (exact) mass is 417 g/mol. The topological polar surface area (TPSA) is 132 Å². The second-order valence-corrected chi connectivity index (χ2v) is 6.95. The van der Waals surface area contributed by atoms with E-state index < -0.39 is 0 Å². The van der Waals surface area contributed by atoms with Crippen molar-refractivity contribution in [2.24, 2.45) is 0 Å². The van der Waals surface area contributed by atoms with Crippen LogP contribution in [0.3, 0.4) is 0 Å². The largest absolute Gasteiger partial charge is 0.404 e. The summed E-state index contributed by atoms with van der Waals surface area (Å²) in [7, 11) is 0. The van der Waals surface area contributed by atoms with Crippen LogP contribution in [0, 0.1) is 0 Å². The first-order valence-corrected chi connectivity index (χ1v) is 9.76. The summed E-state index contributed by atoms with van der Waals surface area (Å²) in [5.74, 6) is 0.386. The molecular formula is C21H19N7O3. The van der Waals surface area contributed by atoms with E-state index in [0.717, 1.165) is 5.56 Å². The Morgan fingerprint density at radius 3 is 2.71 bits per heavy atom. The number of carbonyl (C=O) groups is 1. The Kier molecular flexibility index (Phi) is 4.89. The summed E-state index contributed by atoms with van der Waals surface area (Å²) in [5.41, 5.74) is 8.24. The van der Waals surface area contributed by atoms with Gasteiger partial charge in [-0.05, 0) is 36.4 Å². The van der Waals surface area contributed by atoms with Gasteiger partial charge in [-0.15, -0.1) is 0 Å². The normalized spacial score (nSPS) is 14.0. The van der Waals surface area contributed by atoms with Gasteiger partial charge in [-0.25, -0.2) is 9.97 Å². The summed E-state index contributed by atoms with van der Waals surface area (Å²) in [6, 6.07) is 12.6. The number of hydrogen-bond acceptors (Lipinski definition) is 9. The number of nitrogens with zero attached hydrogens (tertiary/aromatic N) is 5. The van der Waals surface area contributed by atoms with Gasteiger partial charge in [0.15, 0.2) is 0 Å². The third-order valence-electron chi connectivity index (χ3n) is 4.83. The van der Waals surface area contributed by atoms with Gasteiger partial charge in [0.25, 0.3) is 17.6 Å². The van der Waals surface area contributed by atoms with Gasteiger partial charge in [0, 0.05) is 24.8 Å². The van der Waals surface area contributed by atoms with Crippen LogP contribution in [0.15, 0.2) is 53.1 Å². The van der Waals surface area contributed by atoms with E-state index in [2.05, 4.69) is 25.3 Å². The number of oxazole rings is 1. The first kappa shape index (κ1) is 18.9. The van der Waals surface area contributed by atoms with Gasteiger partial charge in [0.1, 0.15) is 22.8 Å². The van der Waals surface area contributed by atoms with E-state index in [1.165, 1.54) is 0 Å².